The molecule has 1 atom stereocenters. The summed E-state index contributed by atoms with van der Waals surface area (Å²) in [6, 6.07) is 17.9. The predicted octanol–water partition coefficient (Wildman–Crippen LogP) is 3.49. The first-order valence-corrected chi connectivity index (χ1v) is 8.51. The van der Waals surface area contributed by atoms with Crippen molar-refractivity contribution in [3.63, 3.8) is 0 Å². The summed E-state index contributed by atoms with van der Waals surface area (Å²) >= 11 is 0. The average Bonchev–Trinajstić information content (AvgIpc) is 2.68. The number of hydrogen-bond acceptors (Lipinski definition) is 5. The third-order valence-electron chi connectivity index (χ3n) is 4.86. The molecule has 0 bridgehead atoms. The molecule has 2 N–H and O–H groups in total. The summed E-state index contributed by atoms with van der Waals surface area (Å²) in [5, 5.41) is 0. The number of aliphatic imine (C=N–C) groups is 1. The van der Waals surface area contributed by atoms with Crippen molar-refractivity contribution in [3.8, 4) is 22.6 Å². The van der Waals surface area contributed by atoms with E-state index in [2.05, 4.69) is 11.1 Å². The maximum absolute atomic E-state index is 6.22. The molecular formula is C21H17N3O2. The lowest BCUT2D eigenvalue weighted by Gasteiger charge is -2.40. The largest absolute Gasteiger partial charge is 0.457 e. The molecule has 1 aromatic heterocycles. The fourth-order valence-corrected chi connectivity index (χ4v) is 3.83. The van der Waals surface area contributed by atoms with Gasteiger partial charge in [0.05, 0.1) is 6.61 Å². The van der Waals surface area contributed by atoms with Gasteiger partial charge < -0.3 is 15.2 Å². The van der Waals surface area contributed by atoms with Gasteiger partial charge in [-0.25, -0.2) is 0 Å². The standard InChI is InChI=1S/C21H17N3O2/c22-19-12-25-13-21(24-19)16-7-1-2-8-17(16)26-18-9-3-6-15(20(18)21)14-5-4-10-23-11-14/h1-11H,12-13H2,(H2,22,24). The summed E-state index contributed by atoms with van der Waals surface area (Å²) in [4.78, 5) is 9.18. The van der Waals surface area contributed by atoms with Crippen molar-refractivity contribution in [2.24, 2.45) is 10.7 Å². The molecule has 0 saturated heterocycles. The number of rotatable bonds is 1. The zero-order valence-electron chi connectivity index (χ0n) is 14.1. The van der Waals surface area contributed by atoms with E-state index in [1.165, 1.54) is 0 Å². The Morgan fingerprint density at radius 3 is 2.69 bits per heavy atom. The van der Waals surface area contributed by atoms with Crippen LogP contribution in [0.4, 0.5) is 0 Å². The van der Waals surface area contributed by atoms with Gasteiger partial charge in [0.15, 0.2) is 0 Å². The molecule has 1 unspecified atom stereocenters. The number of para-hydroxylation sites is 1. The molecule has 2 aliphatic rings. The van der Waals surface area contributed by atoms with Gasteiger partial charge in [-0.2, -0.15) is 0 Å². The molecule has 2 aromatic carbocycles. The summed E-state index contributed by atoms with van der Waals surface area (Å²) < 4.78 is 12.1. The molecule has 0 aliphatic carbocycles. The Labute approximate surface area is 151 Å². The van der Waals surface area contributed by atoms with Gasteiger partial charge in [-0.05, 0) is 23.8 Å². The Morgan fingerprint density at radius 2 is 1.85 bits per heavy atom. The van der Waals surface area contributed by atoms with Gasteiger partial charge in [0, 0.05) is 29.1 Å². The van der Waals surface area contributed by atoms with Gasteiger partial charge in [-0.1, -0.05) is 36.4 Å². The Bertz CT molecular complexity index is 1020. The van der Waals surface area contributed by atoms with Gasteiger partial charge in [0.25, 0.3) is 0 Å². The molecule has 0 radical (unpaired) electrons. The van der Waals surface area contributed by atoms with Gasteiger partial charge in [0.1, 0.15) is 29.5 Å². The van der Waals surface area contributed by atoms with E-state index in [4.69, 9.17) is 20.2 Å². The van der Waals surface area contributed by atoms with E-state index in [1.807, 2.05) is 54.7 Å². The SMILES string of the molecule is NC1=NC2(COC1)c1ccccc1Oc1cccc(-c3cccnc3)c12. The Balaban J connectivity index is 1.86. The number of nitrogens with two attached hydrogens (primary N) is 1. The van der Waals surface area contributed by atoms with Crippen molar-refractivity contribution in [1.29, 1.82) is 0 Å². The maximum Gasteiger partial charge on any atom is 0.144 e. The second-order valence-electron chi connectivity index (χ2n) is 6.47. The number of pyridine rings is 1. The van der Waals surface area contributed by atoms with Crippen LogP contribution in [0.15, 0.2) is 72.0 Å². The minimum atomic E-state index is -0.723. The molecule has 3 heterocycles. The Hall–Kier alpha value is -3.18. The molecule has 5 heteroatoms. The molecule has 5 rings (SSSR count). The van der Waals surface area contributed by atoms with E-state index >= 15 is 0 Å². The number of aromatic nitrogens is 1. The number of nitrogens with zero attached hydrogens (tertiary/aromatic N) is 2. The smallest absolute Gasteiger partial charge is 0.144 e. The molecule has 3 aromatic rings. The second-order valence-corrected chi connectivity index (χ2v) is 6.47. The highest BCUT2D eigenvalue weighted by molar-refractivity contribution is 5.85. The fraction of sp³-hybridized carbons (Fsp3) is 0.143. The van der Waals surface area contributed by atoms with Crippen LogP contribution in [0.1, 0.15) is 11.1 Å². The summed E-state index contributed by atoms with van der Waals surface area (Å²) in [5.74, 6) is 2.04. The first-order valence-electron chi connectivity index (χ1n) is 8.51. The van der Waals surface area contributed by atoms with E-state index in [1.54, 1.807) is 6.20 Å². The number of fused-ring (bicyclic) bond motifs is 4. The lowest BCUT2D eigenvalue weighted by Crippen LogP contribution is -2.42. The number of benzene rings is 2. The molecule has 128 valence electrons. The third kappa shape index (κ3) is 2.14. The number of ether oxygens (including phenoxy) is 2. The fourth-order valence-electron chi connectivity index (χ4n) is 3.83. The van der Waals surface area contributed by atoms with Crippen LogP contribution < -0.4 is 10.5 Å². The molecule has 0 fully saturated rings. The van der Waals surface area contributed by atoms with Crippen molar-refractivity contribution < 1.29 is 9.47 Å². The minimum absolute atomic E-state index is 0.342. The maximum atomic E-state index is 6.22. The average molecular weight is 343 g/mol. The molecule has 5 nitrogen and oxygen atoms in total. The summed E-state index contributed by atoms with van der Waals surface area (Å²) in [5.41, 5.74) is 9.35. The van der Waals surface area contributed by atoms with Crippen LogP contribution in [0.2, 0.25) is 0 Å². The van der Waals surface area contributed by atoms with Crippen LogP contribution in [0.25, 0.3) is 11.1 Å². The monoisotopic (exact) mass is 343 g/mol. The van der Waals surface area contributed by atoms with Crippen LogP contribution in [-0.2, 0) is 10.3 Å². The van der Waals surface area contributed by atoms with Gasteiger partial charge >= 0.3 is 0 Å². The summed E-state index contributed by atoms with van der Waals surface area (Å²) in [6.07, 6.45) is 3.61. The highest BCUT2D eigenvalue weighted by atomic mass is 16.5. The molecule has 26 heavy (non-hydrogen) atoms. The summed E-state index contributed by atoms with van der Waals surface area (Å²) in [7, 11) is 0. The van der Waals surface area contributed by atoms with E-state index < -0.39 is 5.54 Å². The van der Waals surface area contributed by atoms with Crippen LogP contribution in [0.3, 0.4) is 0 Å². The highest BCUT2D eigenvalue weighted by Gasteiger charge is 2.46. The molecule has 1 spiro atoms. The molecule has 0 amide bonds. The van der Waals surface area contributed by atoms with Crippen LogP contribution in [0.5, 0.6) is 11.5 Å². The van der Waals surface area contributed by atoms with Crippen molar-refractivity contribution in [1.82, 2.24) is 4.98 Å². The number of amidine groups is 1. The topological polar surface area (TPSA) is 69.7 Å². The predicted molar refractivity (Wildman–Crippen MR) is 99.4 cm³/mol. The van der Waals surface area contributed by atoms with E-state index in [0.717, 1.165) is 33.8 Å². The van der Waals surface area contributed by atoms with Crippen LogP contribution >= 0.6 is 0 Å². The lowest BCUT2D eigenvalue weighted by atomic mass is 9.77. The first kappa shape index (κ1) is 15.1. The summed E-state index contributed by atoms with van der Waals surface area (Å²) in [6.45, 7) is 0.757. The Kier molecular flexibility index (Phi) is 3.30. The lowest BCUT2D eigenvalue weighted by molar-refractivity contribution is 0.110. The Morgan fingerprint density at radius 1 is 0.962 bits per heavy atom. The minimum Gasteiger partial charge on any atom is -0.457 e. The molecule has 0 saturated carbocycles. The molecular weight excluding hydrogens is 326 g/mol. The zero-order valence-corrected chi connectivity index (χ0v) is 14.1. The molecule has 2 aliphatic heterocycles. The van der Waals surface area contributed by atoms with Crippen molar-refractivity contribution in [3.05, 3.63) is 78.1 Å². The number of hydrogen-bond donors (Lipinski definition) is 1. The van der Waals surface area contributed by atoms with Crippen molar-refractivity contribution in [2.45, 2.75) is 5.54 Å². The van der Waals surface area contributed by atoms with Gasteiger partial charge in [-0.15, -0.1) is 0 Å². The normalized spacial score (nSPS) is 20.7. The van der Waals surface area contributed by atoms with E-state index in [-0.39, 0.29) is 0 Å². The highest BCUT2D eigenvalue weighted by Crippen LogP contribution is 2.52. The second kappa shape index (κ2) is 5.68. The zero-order chi connectivity index (χ0) is 17.6. The van der Waals surface area contributed by atoms with Crippen molar-refractivity contribution >= 4 is 5.84 Å². The third-order valence-corrected chi connectivity index (χ3v) is 4.86. The first-order chi connectivity index (χ1) is 12.8. The van der Waals surface area contributed by atoms with Gasteiger partial charge in [-0.3, -0.25) is 9.98 Å². The van der Waals surface area contributed by atoms with Crippen LogP contribution in [0, 0.1) is 0 Å². The quantitative estimate of drug-likeness (QED) is 0.734. The van der Waals surface area contributed by atoms with E-state index in [0.29, 0.717) is 19.0 Å². The van der Waals surface area contributed by atoms with E-state index in [9.17, 15) is 0 Å². The van der Waals surface area contributed by atoms with Crippen LogP contribution in [-0.4, -0.2) is 24.0 Å². The van der Waals surface area contributed by atoms with Crippen molar-refractivity contribution in [2.75, 3.05) is 13.2 Å². The van der Waals surface area contributed by atoms with Gasteiger partial charge in [0.2, 0.25) is 0 Å².